The first-order chi connectivity index (χ1) is 19.3. The van der Waals surface area contributed by atoms with Crippen LogP contribution < -0.4 is 0 Å². The molecule has 1 aliphatic rings. The summed E-state index contributed by atoms with van der Waals surface area (Å²) in [6, 6.07) is 43.9. The standard InChI is InChI=1S/C36H20OS2/c1-2-8-22-21(7-1)15-16-28-34-27(12-6-13-29(34)37-36(22)28)32-20-19-31(38-32)24-17-18-33-35-25(10-5-11-26(24)35)23-9-3-4-14-30(23)39-33/h1-20H. The van der Waals surface area contributed by atoms with Gasteiger partial charge in [-0.2, -0.15) is 0 Å². The van der Waals surface area contributed by atoms with Gasteiger partial charge >= 0.3 is 0 Å². The van der Waals surface area contributed by atoms with Crippen molar-refractivity contribution >= 4 is 66.6 Å². The molecule has 3 heteroatoms. The molecule has 8 aromatic rings. The van der Waals surface area contributed by atoms with E-state index >= 15 is 0 Å². The minimum absolute atomic E-state index is 0.936. The molecule has 0 saturated carbocycles. The third-order valence-corrected chi connectivity index (χ3v) is 10.2. The molecule has 0 bridgehead atoms. The van der Waals surface area contributed by atoms with Crippen molar-refractivity contribution < 1.29 is 4.42 Å². The maximum atomic E-state index is 6.45. The second-order valence-electron chi connectivity index (χ2n) is 10.0. The average Bonchev–Trinajstić information content (AvgIpc) is 3.63. The topological polar surface area (TPSA) is 13.1 Å². The molecule has 1 aliphatic heterocycles. The first-order valence-corrected chi connectivity index (χ1v) is 14.7. The minimum Gasteiger partial charge on any atom is -0.455 e. The molecule has 0 spiro atoms. The zero-order valence-corrected chi connectivity index (χ0v) is 22.4. The van der Waals surface area contributed by atoms with E-state index in [-0.39, 0.29) is 0 Å². The number of thiophene rings is 1. The molecule has 0 aliphatic carbocycles. The van der Waals surface area contributed by atoms with Crippen molar-refractivity contribution in [1.82, 2.24) is 0 Å². The molecule has 39 heavy (non-hydrogen) atoms. The van der Waals surface area contributed by atoms with Crippen LogP contribution in [0.4, 0.5) is 0 Å². The Morgan fingerprint density at radius 2 is 1.21 bits per heavy atom. The summed E-state index contributed by atoms with van der Waals surface area (Å²) in [5, 5.41) is 7.41. The van der Waals surface area contributed by atoms with Gasteiger partial charge in [0.15, 0.2) is 0 Å². The lowest BCUT2D eigenvalue weighted by molar-refractivity contribution is 0.673. The maximum Gasteiger partial charge on any atom is 0.143 e. The van der Waals surface area contributed by atoms with Gasteiger partial charge in [0.05, 0.1) is 0 Å². The number of rotatable bonds is 2. The SMILES string of the molecule is c1ccc2c(c1)Sc1ccc(-c3ccc(-c4cccc5oc6c7ccccc7ccc6c45)s3)c3cccc-2c13. The molecule has 9 rings (SSSR count). The van der Waals surface area contributed by atoms with E-state index in [0.717, 1.165) is 16.6 Å². The van der Waals surface area contributed by atoms with Crippen LogP contribution >= 0.6 is 23.1 Å². The normalized spacial score (nSPS) is 12.5. The van der Waals surface area contributed by atoms with Crippen LogP contribution in [-0.2, 0) is 0 Å². The lowest BCUT2D eigenvalue weighted by atomic mass is 9.94. The van der Waals surface area contributed by atoms with Gasteiger partial charge in [0.1, 0.15) is 11.2 Å². The lowest BCUT2D eigenvalue weighted by Crippen LogP contribution is -1.93. The van der Waals surface area contributed by atoms with Gasteiger partial charge in [0.2, 0.25) is 0 Å². The molecule has 0 saturated heterocycles. The summed E-state index contributed by atoms with van der Waals surface area (Å²) in [5.41, 5.74) is 7.08. The van der Waals surface area contributed by atoms with Crippen molar-refractivity contribution in [3.8, 4) is 32.0 Å². The summed E-state index contributed by atoms with van der Waals surface area (Å²) in [5.74, 6) is 0. The number of hydrogen-bond acceptors (Lipinski definition) is 3. The number of benzene rings is 6. The number of hydrogen-bond donors (Lipinski definition) is 0. The van der Waals surface area contributed by atoms with E-state index in [1.165, 1.54) is 68.7 Å². The number of furan rings is 1. The Hall–Kier alpha value is -4.31. The minimum atomic E-state index is 0.936. The zero-order valence-electron chi connectivity index (χ0n) is 20.8. The van der Waals surface area contributed by atoms with Crippen LogP contribution in [-0.4, -0.2) is 0 Å². The molecule has 0 atom stereocenters. The van der Waals surface area contributed by atoms with Gasteiger partial charge < -0.3 is 4.42 Å². The Bertz CT molecular complexity index is 2270. The Morgan fingerprint density at radius 3 is 2.18 bits per heavy atom. The highest BCUT2D eigenvalue weighted by atomic mass is 32.2. The fourth-order valence-corrected chi connectivity index (χ4v) is 8.39. The van der Waals surface area contributed by atoms with E-state index in [4.69, 9.17) is 4.42 Å². The van der Waals surface area contributed by atoms with Gasteiger partial charge in [-0.1, -0.05) is 96.7 Å². The summed E-state index contributed by atoms with van der Waals surface area (Å²) in [6.07, 6.45) is 0. The second-order valence-corrected chi connectivity index (χ2v) is 12.2. The smallest absolute Gasteiger partial charge is 0.143 e. The molecule has 1 nitrogen and oxygen atoms in total. The van der Waals surface area contributed by atoms with Crippen LogP contribution in [0.1, 0.15) is 0 Å². The van der Waals surface area contributed by atoms with Crippen LogP contribution in [0.3, 0.4) is 0 Å². The van der Waals surface area contributed by atoms with Crippen molar-refractivity contribution in [3.63, 3.8) is 0 Å². The highest BCUT2D eigenvalue weighted by Gasteiger charge is 2.21. The van der Waals surface area contributed by atoms with Gasteiger partial charge in [-0.05, 0) is 63.9 Å². The fraction of sp³-hybridized carbons (Fsp3) is 0. The van der Waals surface area contributed by atoms with E-state index in [0.29, 0.717) is 0 Å². The predicted molar refractivity (Wildman–Crippen MR) is 167 cm³/mol. The lowest BCUT2D eigenvalue weighted by Gasteiger charge is -2.21. The first-order valence-electron chi connectivity index (χ1n) is 13.1. The maximum absolute atomic E-state index is 6.45. The van der Waals surface area contributed by atoms with Gasteiger partial charge in [-0.3, -0.25) is 0 Å². The van der Waals surface area contributed by atoms with Crippen LogP contribution in [0.2, 0.25) is 0 Å². The predicted octanol–water partition coefficient (Wildman–Crippen LogP) is 11.4. The second kappa shape index (κ2) is 8.09. The van der Waals surface area contributed by atoms with Gasteiger partial charge in [-0.15, -0.1) is 11.3 Å². The summed E-state index contributed by atoms with van der Waals surface area (Å²) in [7, 11) is 0. The van der Waals surface area contributed by atoms with E-state index in [1.807, 2.05) is 23.1 Å². The fourth-order valence-electron chi connectivity index (χ4n) is 6.18. The third-order valence-electron chi connectivity index (χ3n) is 7.92. The Kier molecular flexibility index (Phi) is 4.48. The molecular formula is C36H20OS2. The Morgan fingerprint density at radius 1 is 0.436 bits per heavy atom. The van der Waals surface area contributed by atoms with E-state index in [9.17, 15) is 0 Å². The number of fused-ring (bicyclic) bond motifs is 7. The molecular weight excluding hydrogens is 513 g/mol. The first kappa shape index (κ1) is 21.6. The van der Waals surface area contributed by atoms with Crippen molar-refractivity contribution in [2.24, 2.45) is 0 Å². The molecule has 2 aromatic heterocycles. The molecule has 0 radical (unpaired) electrons. The molecule has 6 aromatic carbocycles. The molecule has 0 fully saturated rings. The molecule has 182 valence electrons. The van der Waals surface area contributed by atoms with Gasteiger partial charge in [0, 0.05) is 46.7 Å². The molecule has 3 heterocycles. The van der Waals surface area contributed by atoms with Crippen LogP contribution in [0, 0.1) is 0 Å². The Balaban J connectivity index is 1.24. The van der Waals surface area contributed by atoms with Crippen molar-refractivity contribution in [2.45, 2.75) is 9.79 Å². The van der Waals surface area contributed by atoms with Crippen LogP contribution in [0.15, 0.2) is 136 Å². The van der Waals surface area contributed by atoms with Gasteiger partial charge in [0.25, 0.3) is 0 Å². The molecule has 0 amide bonds. The third kappa shape index (κ3) is 3.09. The highest BCUT2D eigenvalue weighted by Crippen LogP contribution is 2.50. The van der Waals surface area contributed by atoms with E-state index in [1.54, 1.807) is 0 Å². The summed E-state index contributed by atoms with van der Waals surface area (Å²) < 4.78 is 6.45. The Labute approximate surface area is 233 Å². The molecule has 0 N–H and O–H groups in total. The van der Waals surface area contributed by atoms with Crippen molar-refractivity contribution in [3.05, 3.63) is 121 Å². The highest BCUT2D eigenvalue weighted by molar-refractivity contribution is 7.99. The largest absolute Gasteiger partial charge is 0.455 e. The van der Waals surface area contributed by atoms with Crippen molar-refractivity contribution in [1.29, 1.82) is 0 Å². The van der Waals surface area contributed by atoms with Gasteiger partial charge in [-0.25, -0.2) is 0 Å². The summed E-state index contributed by atoms with van der Waals surface area (Å²) in [6.45, 7) is 0. The quantitative estimate of drug-likeness (QED) is 0.220. The monoisotopic (exact) mass is 532 g/mol. The van der Waals surface area contributed by atoms with E-state index < -0.39 is 0 Å². The molecule has 0 unspecified atom stereocenters. The summed E-state index contributed by atoms with van der Waals surface area (Å²) in [4.78, 5) is 5.21. The van der Waals surface area contributed by atoms with Crippen LogP contribution in [0.25, 0.3) is 75.5 Å². The summed E-state index contributed by atoms with van der Waals surface area (Å²) >= 11 is 3.74. The zero-order chi connectivity index (χ0) is 25.5. The average molecular weight is 533 g/mol. The van der Waals surface area contributed by atoms with E-state index in [2.05, 4.69) is 121 Å². The van der Waals surface area contributed by atoms with Crippen molar-refractivity contribution in [2.75, 3.05) is 0 Å². The van der Waals surface area contributed by atoms with Crippen LogP contribution in [0.5, 0.6) is 0 Å².